The summed E-state index contributed by atoms with van der Waals surface area (Å²) >= 11 is 0. The Kier molecular flexibility index (Phi) is 2.49. The van der Waals surface area contributed by atoms with Gasteiger partial charge in [0.2, 0.25) is 0 Å². The topological polar surface area (TPSA) is 40.6 Å². The lowest BCUT2D eigenvalue weighted by atomic mass is 9.80. The van der Waals surface area contributed by atoms with E-state index in [4.69, 9.17) is 0 Å². The fourth-order valence-corrected chi connectivity index (χ4v) is 4.26. The summed E-state index contributed by atoms with van der Waals surface area (Å²) in [5.41, 5.74) is 0.701. The van der Waals surface area contributed by atoms with Gasteiger partial charge in [-0.1, -0.05) is 48.6 Å². The highest BCUT2D eigenvalue weighted by atomic mass is 16.2. The highest BCUT2D eigenvalue weighted by Gasteiger charge is 2.54. The molecule has 2 aromatic rings. The van der Waals surface area contributed by atoms with E-state index >= 15 is 0 Å². The fraction of sp³-hybridized carbons (Fsp3) is 0.263. The minimum absolute atomic E-state index is 0.0708. The normalized spacial score (nSPS) is 28.8. The molecule has 6 rings (SSSR count). The summed E-state index contributed by atoms with van der Waals surface area (Å²) in [6.45, 7) is 0. The van der Waals surface area contributed by atoms with Crippen LogP contribution in [0.25, 0.3) is 10.8 Å². The highest BCUT2D eigenvalue weighted by Crippen LogP contribution is 2.42. The third-order valence-corrected chi connectivity index (χ3v) is 5.33. The quantitative estimate of drug-likeness (QED) is 0.599. The van der Waals surface area contributed by atoms with E-state index in [-0.39, 0.29) is 29.9 Å². The second-order valence-corrected chi connectivity index (χ2v) is 6.50. The molecule has 23 heavy (non-hydrogen) atoms. The van der Waals surface area contributed by atoms with Crippen molar-refractivity contribution in [2.45, 2.75) is 24.9 Å². The van der Waals surface area contributed by atoms with Crippen LogP contribution in [0.15, 0.2) is 54.6 Å². The van der Waals surface area contributed by atoms with Crippen LogP contribution in [-0.2, 0) is 4.79 Å². The summed E-state index contributed by atoms with van der Waals surface area (Å²) in [5, 5.41) is 1.98. The molecule has 0 radical (unpaired) electrons. The average molecular weight is 304 g/mol. The average Bonchev–Trinajstić information content (AvgIpc) is 2.89. The van der Waals surface area contributed by atoms with Crippen LogP contribution in [-0.4, -0.2) is 28.9 Å². The van der Waals surface area contributed by atoms with Crippen LogP contribution < -0.4 is 4.90 Å². The second-order valence-electron chi connectivity index (χ2n) is 6.50. The van der Waals surface area contributed by atoms with Gasteiger partial charge in [0.1, 0.15) is 6.04 Å². The van der Waals surface area contributed by atoms with E-state index in [9.17, 15) is 9.59 Å². The summed E-state index contributed by atoms with van der Waals surface area (Å²) in [6.07, 6.45) is 6.15. The Bertz CT molecular complexity index is 835. The van der Waals surface area contributed by atoms with Crippen LogP contribution in [0.5, 0.6) is 0 Å². The lowest BCUT2D eigenvalue weighted by molar-refractivity contribution is -0.122. The first kappa shape index (κ1) is 12.9. The molecule has 2 saturated heterocycles. The van der Waals surface area contributed by atoms with Crippen molar-refractivity contribution in [3.05, 3.63) is 54.6 Å². The van der Waals surface area contributed by atoms with Gasteiger partial charge in [-0.3, -0.25) is 4.79 Å². The summed E-state index contributed by atoms with van der Waals surface area (Å²) < 4.78 is 0. The Hall–Kier alpha value is -2.62. The number of nitrogens with zero attached hydrogens (tertiary/aromatic N) is 2. The van der Waals surface area contributed by atoms with Crippen molar-refractivity contribution in [3.63, 3.8) is 0 Å². The van der Waals surface area contributed by atoms with E-state index in [1.807, 2.05) is 42.5 Å². The Morgan fingerprint density at radius 2 is 1.74 bits per heavy atom. The molecule has 1 aliphatic carbocycles. The van der Waals surface area contributed by atoms with Crippen molar-refractivity contribution in [3.8, 4) is 0 Å². The van der Waals surface area contributed by atoms with Gasteiger partial charge in [-0.25, -0.2) is 9.69 Å². The molecule has 2 unspecified atom stereocenters. The SMILES string of the molecule is O=C1[C@H]2C3C=CC(CC3)N2C(=O)N1c1cccc2ccccc12. The lowest BCUT2D eigenvalue weighted by Gasteiger charge is -2.41. The Balaban J connectivity index is 1.67. The number of rotatable bonds is 1. The standard InChI is InChI=1S/C19H16N2O2/c22-18-17-13-8-10-14(11-9-13)20(17)19(23)21(18)16-7-3-5-12-4-1-2-6-15(12)16/h1-8,10,13-14,17H,9,11H2/t13?,14?,17-/m1/s1. The molecule has 0 spiro atoms. The first-order chi connectivity index (χ1) is 11.3. The van der Waals surface area contributed by atoms with Gasteiger partial charge in [0, 0.05) is 11.3 Å². The molecule has 0 N–H and O–H groups in total. The van der Waals surface area contributed by atoms with Crippen molar-refractivity contribution < 1.29 is 9.59 Å². The molecule has 4 heteroatoms. The van der Waals surface area contributed by atoms with Gasteiger partial charge in [0.25, 0.3) is 5.91 Å². The molecule has 4 nitrogen and oxygen atoms in total. The van der Waals surface area contributed by atoms with E-state index in [0.717, 1.165) is 23.6 Å². The number of piperidine rings is 1. The van der Waals surface area contributed by atoms with Crippen LogP contribution in [0.1, 0.15) is 12.8 Å². The molecule has 3 amide bonds. The third-order valence-electron chi connectivity index (χ3n) is 5.33. The molecular weight excluding hydrogens is 288 g/mol. The van der Waals surface area contributed by atoms with E-state index in [1.165, 1.54) is 4.90 Å². The van der Waals surface area contributed by atoms with Crippen molar-refractivity contribution in [1.29, 1.82) is 0 Å². The number of carbonyl (C=O) groups is 2. The molecule has 2 fully saturated rings. The first-order valence-corrected chi connectivity index (χ1v) is 8.08. The molecule has 114 valence electrons. The van der Waals surface area contributed by atoms with Crippen LogP contribution in [0.3, 0.4) is 0 Å². The van der Waals surface area contributed by atoms with Crippen LogP contribution in [0.4, 0.5) is 10.5 Å². The summed E-state index contributed by atoms with van der Waals surface area (Å²) in [5.74, 6) is 0.0850. The van der Waals surface area contributed by atoms with Crippen LogP contribution in [0.2, 0.25) is 0 Å². The molecule has 3 aliphatic heterocycles. The maximum absolute atomic E-state index is 13.0. The second kappa shape index (κ2) is 4.44. The minimum atomic E-state index is -0.315. The van der Waals surface area contributed by atoms with Gasteiger partial charge in [-0.15, -0.1) is 0 Å². The summed E-state index contributed by atoms with van der Waals surface area (Å²) in [7, 11) is 0. The number of benzene rings is 2. The maximum atomic E-state index is 13.0. The van der Waals surface area contributed by atoms with Crippen molar-refractivity contribution in [2.24, 2.45) is 5.92 Å². The Morgan fingerprint density at radius 1 is 0.913 bits per heavy atom. The molecule has 2 aromatic carbocycles. The molecule has 3 heterocycles. The maximum Gasteiger partial charge on any atom is 0.332 e. The number of hydrogen-bond acceptors (Lipinski definition) is 2. The predicted molar refractivity (Wildman–Crippen MR) is 88.1 cm³/mol. The fourth-order valence-electron chi connectivity index (χ4n) is 4.26. The van der Waals surface area contributed by atoms with Gasteiger partial charge < -0.3 is 4.90 Å². The van der Waals surface area contributed by atoms with Crippen LogP contribution in [0, 0.1) is 5.92 Å². The van der Waals surface area contributed by atoms with Crippen LogP contribution >= 0.6 is 0 Å². The third kappa shape index (κ3) is 1.61. The largest absolute Gasteiger partial charge is 0.332 e. The van der Waals surface area contributed by atoms with Gasteiger partial charge >= 0.3 is 6.03 Å². The number of anilines is 1. The number of carbonyl (C=O) groups excluding carboxylic acids is 2. The number of fused-ring (bicyclic) bond motifs is 2. The summed E-state index contributed by atoms with van der Waals surface area (Å²) in [6, 6.07) is 13.2. The molecule has 0 aromatic heterocycles. The highest BCUT2D eigenvalue weighted by molar-refractivity contribution is 6.24. The molecule has 3 atom stereocenters. The molecule has 2 bridgehead atoms. The zero-order valence-corrected chi connectivity index (χ0v) is 12.6. The number of urea groups is 1. The van der Waals surface area contributed by atoms with E-state index in [0.29, 0.717) is 5.69 Å². The number of hydrogen-bond donors (Lipinski definition) is 0. The molecule has 4 aliphatic rings. The van der Waals surface area contributed by atoms with E-state index in [1.54, 1.807) is 4.90 Å². The van der Waals surface area contributed by atoms with Gasteiger partial charge in [-0.05, 0) is 24.3 Å². The Morgan fingerprint density at radius 3 is 2.52 bits per heavy atom. The molecule has 0 saturated carbocycles. The number of amides is 3. The van der Waals surface area contributed by atoms with Gasteiger partial charge in [-0.2, -0.15) is 0 Å². The predicted octanol–water partition coefficient (Wildman–Crippen LogP) is 3.33. The molecular formula is C19H16N2O2. The summed E-state index contributed by atoms with van der Waals surface area (Å²) in [4.78, 5) is 29.2. The van der Waals surface area contributed by atoms with Gasteiger partial charge in [0.05, 0.1) is 11.7 Å². The Labute approximate surface area is 134 Å². The van der Waals surface area contributed by atoms with E-state index in [2.05, 4.69) is 12.2 Å². The van der Waals surface area contributed by atoms with E-state index < -0.39 is 0 Å². The zero-order chi connectivity index (χ0) is 15.6. The monoisotopic (exact) mass is 304 g/mol. The van der Waals surface area contributed by atoms with Gasteiger partial charge in [0.15, 0.2) is 0 Å². The zero-order valence-electron chi connectivity index (χ0n) is 12.6. The first-order valence-electron chi connectivity index (χ1n) is 8.08. The smallest absolute Gasteiger partial charge is 0.305 e. The minimum Gasteiger partial charge on any atom is -0.305 e. The lowest BCUT2D eigenvalue weighted by Crippen LogP contribution is -2.52. The van der Waals surface area contributed by atoms with Crippen molar-refractivity contribution >= 4 is 28.4 Å². The van der Waals surface area contributed by atoms with Crippen molar-refractivity contribution in [2.75, 3.05) is 4.90 Å². The van der Waals surface area contributed by atoms with Crippen molar-refractivity contribution in [1.82, 2.24) is 4.90 Å². The number of imide groups is 1.